The molecule has 0 unspecified atom stereocenters. The highest BCUT2D eigenvalue weighted by atomic mass is 35.5. The van der Waals surface area contributed by atoms with Crippen molar-refractivity contribution in [2.45, 2.75) is 25.2 Å². The van der Waals surface area contributed by atoms with Gasteiger partial charge < -0.3 is 29.9 Å². The van der Waals surface area contributed by atoms with Crippen molar-refractivity contribution in [3.8, 4) is 0 Å². The Labute approximate surface area is 278 Å². The zero-order chi connectivity index (χ0) is 36.6. The number of aromatic nitrogens is 2. The maximum Gasteiger partial charge on any atom is 0.490 e. The van der Waals surface area contributed by atoms with Crippen LogP contribution in [-0.2, 0) is 16.0 Å². The number of amides is 1. The van der Waals surface area contributed by atoms with Crippen molar-refractivity contribution in [1.29, 1.82) is 0 Å². The Morgan fingerprint density at radius 1 is 0.938 bits per heavy atom. The molecule has 1 fully saturated rings. The van der Waals surface area contributed by atoms with Crippen LogP contribution in [0.4, 0.5) is 30.7 Å². The number of hydrogen-bond acceptors (Lipinski definition) is 6. The number of H-pyrrole nitrogens is 1. The number of halogens is 9. The highest BCUT2D eigenvalue weighted by Crippen LogP contribution is 2.27. The number of nitrogens with one attached hydrogen (secondary N) is 1. The lowest BCUT2D eigenvalue weighted by molar-refractivity contribution is -0.193. The Kier molecular flexibility index (Phi) is 14.3. The number of carboxylic acid groups (broad SMARTS) is 2. The molecule has 0 spiro atoms. The van der Waals surface area contributed by atoms with E-state index >= 15 is 0 Å². The van der Waals surface area contributed by atoms with Gasteiger partial charge in [-0.1, -0.05) is 29.3 Å². The molecular weight excluding hydrogens is 706 g/mol. The summed E-state index contributed by atoms with van der Waals surface area (Å²) in [4.78, 5) is 52.1. The lowest BCUT2D eigenvalue weighted by Gasteiger charge is -2.23. The highest BCUT2D eigenvalue weighted by molar-refractivity contribution is 6.42. The van der Waals surface area contributed by atoms with E-state index in [0.717, 1.165) is 38.2 Å². The number of fused-ring (bicyclic) bond motifs is 1. The SMILES string of the molecule is CN(C)CCN1CCCN(C(=O)c2cc(Cc3c[nH]c(=O)c4cc(Cl)c(Cl)n34)ccc2F)CC1.O=C(O)C(F)(F)F.O=C(O)C(F)(F)F. The van der Waals surface area contributed by atoms with Crippen LogP contribution in [-0.4, -0.2) is 118 Å². The Morgan fingerprint density at radius 2 is 1.52 bits per heavy atom. The summed E-state index contributed by atoms with van der Waals surface area (Å²) in [6.45, 7) is 4.75. The fourth-order valence-electron chi connectivity index (χ4n) is 4.29. The van der Waals surface area contributed by atoms with Gasteiger partial charge in [0.25, 0.3) is 11.5 Å². The minimum absolute atomic E-state index is 0.0524. The van der Waals surface area contributed by atoms with Gasteiger partial charge in [0.15, 0.2) is 0 Å². The molecule has 4 rings (SSSR count). The molecule has 0 bridgehead atoms. The first-order valence-corrected chi connectivity index (χ1v) is 14.5. The average molecular weight is 736 g/mol. The molecule has 1 saturated heterocycles. The van der Waals surface area contributed by atoms with Crippen molar-refractivity contribution in [3.63, 3.8) is 0 Å². The van der Waals surface area contributed by atoms with Crippen LogP contribution in [0.1, 0.15) is 28.0 Å². The number of aliphatic carboxylic acids is 2. The summed E-state index contributed by atoms with van der Waals surface area (Å²) >= 11 is 12.4. The van der Waals surface area contributed by atoms with Crippen molar-refractivity contribution in [3.05, 3.63) is 73.6 Å². The van der Waals surface area contributed by atoms with Crippen LogP contribution in [0.3, 0.4) is 0 Å². The Hall–Kier alpha value is -3.87. The maximum atomic E-state index is 14.7. The van der Waals surface area contributed by atoms with Gasteiger partial charge in [-0.15, -0.1) is 0 Å². The number of nitrogens with zero attached hydrogens (tertiary/aromatic N) is 4. The van der Waals surface area contributed by atoms with E-state index in [0.29, 0.717) is 30.7 Å². The van der Waals surface area contributed by atoms with Crippen LogP contribution in [0.15, 0.2) is 35.3 Å². The third-order valence-electron chi connectivity index (χ3n) is 6.66. The molecule has 3 heterocycles. The van der Waals surface area contributed by atoms with Gasteiger partial charge in [-0.2, -0.15) is 26.3 Å². The number of likely N-dealkylation sites (N-methyl/N-ethyl adjacent to an activating group) is 1. The van der Waals surface area contributed by atoms with Crippen molar-refractivity contribution in [2.75, 3.05) is 53.4 Å². The van der Waals surface area contributed by atoms with Crippen molar-refractivity contribution < 1.29 is 55.3 Å². The predicted molar refractivity (Wildman–Crippen MR) is 160 cm³/mol. The first-order chi connectivity index (χ1) is 22.1. The van der Waals surface area contributed by atoms with Gasteiger partial charge in [-0.05, 0) is 50.8 Å². The summed E-state index contributed by atoms with van der Waals surface area (Å²) in [5, 5.41) is 14.8. The fourth-order valence-corrected chi connectivity index (χ4v) is 4.73. The summed E-state index contributed by atoms with van der Waals surface area (Å²) in [5.74, 6) is -6.36. The van der Waals surface area contributed by atoms with Gasteiger partial charge in [-0.25, -0.2) is 14.0 Å². The van der Waals surface area contributed by atoms with E-state index in [1.54, 1.807) is 27.6 Å². The molecule has 1 aliphatic heterocycles. The first kappa shape index (κ1) is 40.3. The molecule has 3 aromatic rings. The number of carbonyl (C=O) groups excluding carboxylic acids is 1. The largest absolute Gasteiger partial charge is 0.490 e. The average Bonchev–Trinajstić information content (AvgIpc) is 3.14. The van der Waals surface area contributed by atoms with Crippen LogP contribution in [0, 0.1) is 5.82 Å². The molecule has 1 amide bonds. The summed E-state index contributed by atoms with van der Waals surface area (Å²) < 4.78 is 79.8. The molecule has 48 heavy (non-hydrogen) atoms. The van der Waals surface area contributed by atoms with Crippen molar-refractivity contribution >= 4 is 46.6 Å². The van der Waals surface area contributed by atoms with E-state index in [4.69, 9.17) is 43.0 Å². The van der Waals surface area contributed by atoms with Gasteiger partial charge >= 0.3 is 24.3 Å². The molecule has 1 aliphatic rings. The number of benzene rings is 1. The smallest absolute Gasteiger partial charge is 0.475 e. The lowest BCUT2D eigenvalue weighted by atomic mass is 10.0. The molecule has 11 nitrogen and oxygen atoms in total. The topological polar surface area (TPSA) is 139 Å². The van der Waals surface area contributed by atoms with Gasteiger partial charge in [0.05, 0.1) is 10.6 Å². The Balaban J connectivity index is 0.000000479. The second kappa shape index (κ2) is 17.0. The van der Waals surface area contributed by atoms with Crippen molar-refractivity contribution in [2.24, 2.45) is 0 Å². The molecular formula is C28H30Cl2F7N5O6. The summed E-state index contributed by atoms with van der Waals surface area (Å²) in [6.07, 6.45) is -7.43. The standard InChI is InChI=1S/C24H28Cl2FN5O2.2C2HF3O2/c1-29(2)8-9-30-6-3-7-31(11-10-30)24(34)18-13-16(4-5-20(18)27)12-17-15-28-23(33)21-14-19(25)22(26)32(17)21;2*3-2(4,5)1(6)7/h4-5,13-15H,3,6-12H2,1-2H3,(H,28,33);2*(H,6,7). The molecule has 2 aromatic heterocycles. The zero-order valence-electron chi connectivity index (χ0n) is 25.3. The second-order valence-electron chi connectivity index (χ2n) is 10.5. The Bertz CT molecular complexity index is 1640. The van der Waals surface area contributed by atoms with E-state index in [2.05, 4.69) is 14.8 Å². The van der Waals surface area contributed by atoms with Crippen LogP contribution in [0.25, 0.3) is 5.52 Å². The molecule has 3 N–H and O–H groups in total. The van der Waals surface area contributed by atoms with Gasteiger partial charge in [0.1, 0.15) is 16.5 Å². The minimum atomic E-state index is -5.08. The van der Waals surface area contributed by atoms with E-state index in [9.17, 15) is 40.3 Å². The number of carboxylic acids is 2. The van der Waals surface area contributed by atoms with Crippen LogP contribution < -0.4 is 5.56 Å². The third-order valence-corrected chi connectivity index (χ3v) is 7.42. The fraction of sp³-hybridized carbons (Fsp3) is 0.429. The normalized spacial score (nSPS) is 14.1. The number of aromatic amines is 1. The van der Waals surface area contributed by atoms with Crippen LogP contribution >= 0.6 is 23.2 Å². The lowest BCUT2D eigenvalue weighted by Crippen LogP contribution is -2.37. The molecule has 20 heteroatoms. The quantitative estimate of drug-likeness (QED) is 0.312. The van der Waals surface area contributed by atoms with Crippen LogP contribution in [0.5, 0.6) is 0 Å². The molecule has 266 valence electrons. The van der Waals surface area contributed by atoms with Crippen molar-refractivity contribution in [1.82, 2.24) is 24.1 Å². The molecule has 0 saturated carbocycles. The summed E-state index contributed by atoms with van der Waals surface area (Å²) in [6, 6.07) is 6.04. The molecule has 1 aromatic carbocycles. The Morgan fingerprint density at radius 3 is 2.06 bits per heavy atom. The third kappa shape index (κ3) is 11.7. The molecule has 0 aliphatic carbocycles. The summed E-state index contributed by atoms with van der Waals surface area (Å²) in [7, 11) is 4.08. The molecule has 0 radical (unpaired) electrons. The maximum absolute atomic E-state index is 14.7. The monoisotopic (exact) mass is 735 g/mol. The van der Waals surface area contributed by atoms with Gasteiger partial charge in [-0.3, -0.25) is 14.0 Å². The zero-order valence-corrected chi connectivity index (χ0v) is 26.8. The second-order valence-corrected chi connectivity index (χ2v) is 11.3. The number of alkyl halides is 6. The van der Waals surface area contributed by atoms with Gasteiger partial charge in [0, 0.05) is 51.0 Å². The van der Waals surface area contributed by atoms with E-state index in [1.165, 1.54) is 12.1 Å². The number of hydrogen-bond donors (Lipinski definition) is 3. The van der Waals surface area contributed by atoms with E-state index in [1.807, 2.05) is 14.1 Å². The predicted octanol–water partition coefficient (Wildman–Crippen LogP) is 4.64. The summed E-state index contributed by atoms with van der Waals surface area (Å²) in [5.41, 5.74) is 1.46. The molecule has 0 atom stereocenters. The number of rotatable bonds is 6. The number of carbonyl (C=O) groups is 3. The highest BCUT2D eigenvalue weighted by Gasteiger charge is 2.39. The van der Waals surface area contributed by atoms with Crippen LogP contribution in [0.2, 0.25) is 10.2 Å². The van der Waals surface area contributed by atoms with Gasteiger partial charge in [0.2, 0.25) is 0 Å². The first-order valence-electron chi connectivity index (χ1n) is 13.8. The van der Waals surface area contributed by atoms with E-state index in [-0.39, 0.29) is 27.2 Å². The van der Waals surface area contributed by atoms with E-state index < -0.39 is 30.1 Å². The minimum Gasteiger partial charge on any atom is -0.475 e.